The van der Waals surface area contributed by atoms with Crippen LogP contribution in [-0.2, 0) is 4.74 Å². The lowest BCUT2D eigenvalue weighted by Gasteiger charge is -2.27. The van der Waals surface area contributed by atoms with Gasteiger partial charge in [0.25, 0.3) is 5.91 Å². The Morgan fingerprint density at radius 1 is 1.12 bits per heavy atom. The standard InChI is InChI=1S/C25H31N3O3S/c1-17-6-8-20(16-19(17)3)24(29)28(11-5-10-27-12-14-31-15-13-27)25-26-22-21(30-4)9-7-18(2)23(22)32-25/h6-9,16H,5,10-15H2,1-4H3. The number of carbonyl (C=O) groups is 1. The Kier molecular flexibility index (Phi) is 7.08. The monoisotopic (exact) mass is 453 g/mol. The zero-order valence-corrected chi connectivity index (χ0v) is 20.1. The molecule has 2 aromatic carbocycles. The highest BCUT2D eigenvalue weighted by molar-refractivity contribution is 7.22. The van der Waals surface area contributed by atoms with E-state index in [2.05, 4.69) is 18.7 Å². The fourth-order valence-corrected chi connectivity index (χ4v) is 5.05. The Labute approximate surface area is 193 Å². The normalized spacial score (nSPS) is 14.6. The summed E-state index contributed by atoms with van der Waals surface area (Å²) in [6.45, 7) is 11.2. The van der Waals surface area contributed by atoms with Gasteiger partial charge in [-0.3, -0.25) is 14.6 Å². The maximum absolute atomic E-state index is 13.6. The molecule has 0 spiro atoms. The lowest BCUT2D eigenvalue weighted by atomic mass is 10.1. The third-order valence-corrected chi connectivity index (χ3v) is 7.32. The van der Waals surface area contributed by atoms with E-state index in [0.29, 0.717) is 12.1 Å². The van der Waals surface area contributed by atoms with Crippen molar-refractivity contribution in [3.8, 4) is 5.75 Å². The van der Waals surface area contributed by atoms with E-state index in [9.17, 15) is 4.79 Å². The Morgan fingerprint density at radius 2 is 1.88 bits per heavy atom. The number of methoxy groups -OCH3 is 1. The Morgan fingerprint density at radius 3 is 2.59 bits per heavy atom. The van der Waals surface area contributed by atoms with Gasteiger partial charge in [0.15, 0.2) is 5.13 Å². The second-order valence-corrected chi connectivity index (χ2v) is 9.30. The smallest absolute Gasteiger partial charge is 0.260 e. The minimum Gasteiger partial charge on any atom is -0.494 e. The van der Waals surface area contributed by atoms with Crippen LogP contribution in [0, 0.1) is 20.8 Å². The van der Waals surface area contributed by atoms with E-state index >= 15 is 0 Å². The van der Waals surface area contributed by atoms with Gasteiger partial charge in [-0.05, 0) is 62.1 Å². The van der Waals surface area contributed by atoms with Gasteiger partial charge in [-0.2, -0.15) is 0 Å². The van der Waals surface area contributed by atoms with Crippen LogP contribution in [0.5, 0.6) is 5.75 Å². The largest absolute Gasteiger partial charge is 0.494 e. The summed E-state index contributed by atoms with van der Waals surface area (Å²) in [5, 5.41) is 0.720. The van der Waals surface area contributed by atoms with E-state index in [0.717, 1.165) is 71.5 Å². The average Bonchev–Trinajstić information content (AvgIpc) is 3.25. The van der Waals surface area contributed by atoms with Crippen molar-refractivity contribution in [2.75, 3.05) is 51.4 Å². The summed E-state index contributed by atoms with van der Waals surface area (Å²) in [7, 11) is 1.66. The molecule has 1 aromatic heterocycles. The topological polar surface area (TPSA) is 54.9 Å². The average molecular weight is 454 g/mol. The van der Waals surface area contributed by atoms with Gasteiger partial charge in [-0.25, -0.2) is 4.98 Å². The predicted molar refractivity (Wildman–Crippen MR) is 130 cm³/mol. The molecule has 0 radical (unpaired) electrons. The third-order valence-electron chi connectivity index (χ3n) is 6.10. The number of aryl methyl sites for hydroxylation is 3. The first-order valence-electron chi connectivity index (χ1n) is 11.1. The zero-order valence-electron chi connectivity index (χ0n) is 19.3. The maximum atomic E-state index is 13.6. The van der Waals surface area contributed by atoms with Gasteiger partial charge in [-0.15, -0.1) is 0 Å². The number of benzene rings is 2. The lowest BCUT2D eigenvalue weighted by molar-refractivity contribution is 0.0376. The summed E-state index contributed by atoms with van der Waals surface area (Å²) in [6, 6.07) is 9.89. The molecule has 0 saturated carbocycles. The number of aromatic nitrogens is 1. The maximum Gasteiger partial charge on any atom is 0.260 e. The van der Waals surface area contributed by atoms with Crippen LogP contribution < -0.4 is 9.64 Å². The molecule has 170 valence electrons. The van der Waals surface area contributed by atoms with Crippen molar-refractivity contribution in [3.63, 3.8) is 0 Å². The summed E-state index contributed by atoms with van der Waals surface area (Å²) < 4.78 is 12.0. The van der Waals surface area contributed by atoms with Crippen molar-refractivity contribution in [1.29, 1.82) is 0 Å². The Hall–Kier alpha value is -2.48. The summed E-state index contributed by atoms with van der Waals surface area (Å²) >= 11 is 1.56. The van der Waals surface area contributed by atoms with E-state index < -0.39 is 0 Å². The Balaban J connectivity index is 1.64. The Bertz CT molecular complexity index is 1110. The molecule has 0 atom stereocenters. The molecule has 1 aliphatic heterocycles. The molecular formula is C25H31N3O3S. The first kappa shape index (κ1) is 22.7. The highest BCUT2D eigenvalue weighted by Gasteiger charge is 2.23. The molecule has 7 heteroatoms. The second-order valence-electron chi connectivity index (χ2n) is 8.32. The lowest BCUT2D eigenvalue weighted by Crippen LogP contribution is -2.39. The van der Waals surface area contributed by atoms with Gasteiger partial charge in [0.1, 0.15) is 11.3 Å². The zero-order chi connectivity index (χ0) is 22.7. The van der Waals surface area contributed by atoms with E-state index in [-0.39, 0.29) is 5.91 Å². The molecule has 6 nitrogen and oxygen atoms in total. The van der Waals surface area contributed by atoms with Crippen LogP contribution in [0.2, 0.25) is 0 Å². The minimum absolute atomic E-state index is 0.00856. The van der Waals surface area contributed by atoms with Crippen molar-refractivity contribution in [2.45, 2.75) is 27.2 Å². The molecule has 0 aliphatic carbocycles. The molecule has 4 rings (SSSR count). The van der Waals surface area contributed by atoms with Crippen LogP contribution in [0.4, 0.5) is 5.13 Å². The van der Waals surface area contributed by atoms with Gasteiger partial charge in [-0.1, -0.05) is 23.5 Å². The molecular weight excluding hydrogens is 422 g/mol. The highest BCUT2D eigenvalue weighted by Crippen LogP contribution is 2.37. The van der Waals surface area contributed by atoms with E-state index in [1.54, 1.807) is 18.4 Å². The summed E-state index contributed by atoms with van der Waals surface area (Å²) in [5.41, 5.74) is 4.95. The molecule has 3 aromatic rings. The number of ether oxygens (including phenoxy) is 2. The van der Waals surface area contributed by atoms with Crippen LogP contribution in [0.3, 0.4) is 0 Å². The van der Waals surface area contributed by atoms with Crippen LogP contribution >= 0.6 is 11.3 Å². The SMILES string of the molecule is COc1ccc(C)c2sc(N(CCCN3CCOCC3)C(=O)c3ccc(C)c(C)c3)nc12. The van der Waals surface area contributed by atoms with E-state index in [1.165, 1.54) is 5.56 Å². The van der Waals surface area contributed by atoms with Crippen LogP contribution in [0.1, 0.15) is 33.5 Å². The number of thiazole rings is 1. The van der Waals surface area contributed by atoms with E-state index in [4.69, 9.17) is 14.5 Å². The summed E-state index contributed by atoms with van der Waals surface area (Å²) in [4.78, 5) is 22.7. The van der Waals surface area contributed by atoms with Crippen molar-refractivity contribution >= 4 is 32.6 Å². The van der Waals surface area contributed by atoms with Gasteiger partial charge in [0.2, 0.25) is 0 Å². The molecule has 1 saturated heterocycles. The molecule has 0 unspecified atom stereocenters. The first-order valence-corrected chi connectivity index (χ1v) is 11.9. The summed E-state index contributed by atoms with van der Waals surface area (Å²) in [6.07, 6.45) is 0.878. The van der Waals surface area contributed by atoms with Crippen molar-refractivity contribution in [3.05, 3.63) is 52.6 Å². The number of hydrogen-bond donors (Lipinski definition) is 0. The van der Waals surface area contributed by atoms with Gasteiger partial charge in [0.05, 0.1) is 25.0 Å². The number of carbonyl (C=O) groups excluding carboxylic acids is 1. The van der Waals surface area contributed by atoms with E-state index in [1.807, 2.05) is 42.2 Å². The predicted octanol–water partition coefficient (Wildman–Crippen LogP) is 4.60. The van der Waals surface area contributed by atoms with Crippen LogP contribution in [0.25, 0.3) is 10.2 Å². The molecule has 0 N–H and O–H groups in total. The van der Waals surface area contributed by atoms with Crippen LogP contribution in [-0.4, -0.2) is 62.3 Å². The second kappa shape index (κ2) is 9.98. The number of amides is 1. The van der Waals surface area contributed by atoms with Gasteiger partial charge >= 0.3 is 0 Å². The molecule has 0 bridgehead atoms. The van der Waals surface area contributed by atoms with Crippen molar-refractivity contribution in [2.24, 2.45) is 0 Å². The van der Waals surface area contributed by atoms with Gasteiger partial charge < -0.3 is 9.47 Å². The fourth-order valence-electron chi connectivity index (χ4n) is 3.97. The van der Waals surface area contributed by atoms with Gasteiger partial charge in [0, 0.05) is 31.7 Å². The highest BCUT2D eigenvalue weighted by atomic mass is 32.1. The molecule has 1 aliphatic rings. The number of fused-ring (bicyclic) bond motifs is 1. The quantitative estimate of drug-likeness (QED) is 0.523. The number of anilines is 1. The molecule has 2 heterocycles. The summed E-state index contributed by atoms with van der Waals surface area (Å²) in [5.74, 6) is 0.728. The first-order chi connectivity index (χ1) is 15.5. The molecule has 1 fully saturated rings. The molecule has 1 amide bonds. The van der Waals surface area contributed by atoms with Crippen LogP contribution in [0.15, 0.2) is 30.3 Å². The minimum atomic E-state index is -0.00856. The third kappa shape index (κ3) is 4.80. The van der Waals surface area contributed by atoms with Crippen molar-refractivity contribution in [1.82, 2.24) is 9.88 Å². The molecule has 32 heavy (non-hydrogen) atoms. The number of hydrogen-bond acceptors (Lipinski definition) is 6. The fraction of sp³-hybridized carbons (Fsp3) is 0.440. The number of nitrogens with zero attached hydrogens (tertiary/aromatic N) is 3. The number of rotatable bonds is 7. The van der Waals surface area contributed by atoms with Crippen molar-refractivity contribution < 1.29 is 14.3 Å². The number of morpholine rings is 1.